The maximum Gasteiger partial charge on any atom is 0.339 e. The third-order valence-corrected chi connectivity index (χ3v) is 1.97. The van der Waals surface area contributed by atoms with Gasteiger partial charge in [-0.2, -0.15) is 0 Å². The summed E-state index contributed by atoms with van der Waals surface area (Å²) in [7, 11) is 0. The fourth-order valence-electron chi connectivity index (χ4n) is 1.01. The zero-order chi connectivity index (χ0) is 8.97. The van der Waals surface area contributed by atoms with Crippen LogP contribution in [0.2, 0.25) is 0 Å². The Hall–Kier alpha value is 0.01000. The number of hydrogen-bond donors (Lipinski definition) is 0. The first-order chi connectivity index (χ1) is 5.70. The Balaban J connectivity index is 2.12. The predicted molar refractivity (Wildman–Crippen MR) is 45.4 cm³/mol. The van der Waals surface area contributed by atoms with E-state index in [-0.39, 0.29) is 12.7 Å². The van der Waals surface area contributed by atoms with E-state index >= 15 is 0 Å². The van der Waals surface area contributed by atoms with Crippen molar-refractivity contribution in [2.45, 2.75) is 23.8 Å². The van der Waals surface area contributed by atoms with E-state index < -0.39 is 10.8 Å². The molecular formula is C7H10Cl2O3. The Bertz CT molecular complexity index is 155. The second kappa shape index (κ2) is 4.90. The molecule has 1 aliphatic heterocycles. The van der Waals surface area contributed by atoms with Crippen molar-refractivity contribution >= 4 is 29.2 Å². The molecule has 70 valence electrons. The third-order valence-electron chi connectivity index (χ3n) is 1.61. The number of hydrogen-bond acceptors (Lipinski definition) is 3. The molecule has 0 aromatic carbocycles. The zero-order valence-corrected chi connectivity index (χ0v) is 7.98. The number of esters is 1. The fourth-order valence-corrected chi connectivity index (χ4v) is 1.14. The molecular weight excluding hydrogens is 203 g/mol. The minimum Gasteiger partial charge on any atom is -0.461 e. The Labute approximate surface area is 80.9 Å². The standard InChI is InChI=1S/C7H10Cl2O3/c8-6(9)7(10)12-4-5-2-1-3-11-5/h5-6H,1-4H2. The van der Waals surface area contributed by atoms with Crippen LogP contribution in [-0.4, -0.2) is 30.1 Å². The van der Waals surface area contributed by atoms with E-state index in [9.17, 15) is 4.79 Å². The molecule has 5 heteroatoms. The molecule has 1 atom stereocenters. The molecule has 0 radical (unpaired) electrons. The van der Waals surface area contributed by atoms with E-state index in [1.807, 2.05) is 0 Å². The highest BCUT2D eigenvalue weighted by Gasteiger charge is 2.19. The molecule has 0 spiro atoms. The molecule has 0 aromatic heterocycles. The van der Waals surface area contributed by atoms with Gasteiger partial charge in [0.15, 0.2) is 0 Å². The van der Waals surface area contributed by atoms with Gasteiger partial charge in [0.1, 0.15) is 6.61 Å². The largest absolute Gasteiger partial charge is 0.461 e. The summed E-state index contributed by atoms with van der Waals surface area (Å²) in [6, 6.07) is 0. The van der Waals surface area contributed by atoms with Gasteiger partial charge in [0, 0.05) is 6.61 Å². The predicted octanol–water partition coefficient (Wildman–Crippen LogP) is 1.51. The van der Waals surface area contributed by atoms with Gasteiger partial charge in [0.05, 0.1) is 6.10 Å². The van der Waals surface area contributed by atoms with Crippen molar-refractivity contribution in [2.75, 3.05) is 13.2 Å². The van der Waals surface area contributed by atoms with Crippen molar-refractivity contribution in [1.29, 1.82) is 0 Å². The number of carbonyl (C=O) groups excluding carboxylic acids is 1. The molecule has 1 heterocycles. The van der Waals surface area contributed by atoms with Crippen molar-refractivity contribution in [3.8, 4) is 0 Å². The van der Waals surface area contributed by atoms with Crippen molar-refractivity contribution < 1.29 is 14.3 Å². The van der Waals surface area contributed by atoms with Crippen molar-refractivity contribution in [3.05, 3.63) is 0 Å². The topological polar surface area (TPSA) is 35.5 Å². The monoisotopic (exact) mass is 212 g/mol. The minimum atomic E-state index is -1.09. The summed E-state index contributed by atoms with van der Waals surface area (Å²) in [6.45, 7) is 1.00. The lowest BCUT2D eigenvalue weighted by Crippen LogP contribution is -2.20. The summed E-state index contributed by atoms with van der Waals surface area (Å²) in [4.78, 5) is 9.67. The van der Waals surface area contributed by atoms with E-state index in [0.29, 0.717) is 0 Å². The van der Waals surface area contributed by atoms with Crippen molar-refractivity contribution in [1.82, 2.24) is 0 Å². The molecule has 1 aliphatic rings. The average Bonchev–Trinajstić information content (AvgIpc) is 2.51. The smallest absolute Gasteiger partial charge is 0.339 e. The first kappa shape index (κ1) is 10.1. The fraction of sp³-hybridized carbons (Fsp3) is 0.857. The number of alkyl halides is 2. The second-order valence-electron chi connectivity index (χ2n) is 2.57. The summed E-state index contributed by atoms with van der Waals surface area (Å²) in [5.41, 5.74) is 0. The lowest BCUT2D eigenvalue weighted by Gasteiger charge is -2.09. The highest BCUT2D eigenvalue weighted by atomic mass is 35.5. The highest BCUT2D eigenvalue weighted by molar-refractivity contribution is 6.52. The van der Waals surface area contributed by atoms with Gasteiger partial charge >= 0.3 is 5.97 Å². The average molecular weight is 213 g/mol. The minimum absolute atomic E-state index is 0.0287. The van der Waals surface area contributed by atoms with Crippen LogP contribution in [0, 0.1) is 0 Å². The van der Waals surface area contributed by atoms with Gasteiger partial charge in [-0.1, -0.05) is 23.2 Å². The number of carbonyl (C=O) groups is 1. The Morgan fingerprint density at radius 2 is 2.42 bits per heavy atom. The molecule has 0 N–H and O–H groups in total. The Morgan fingerprint density at radius 1 is 1.67 bits per heavy atom. The van der Waals surface area contributed by atoms with Gasteiger partial charge in [-0.25, -0.2) is 4.79 Å². The summed E-state index contributed by atoms with van der Waals surface area (Å²) >= 11 is 10.5. The molecule has 0 amide bonds. The molecule has 1 saturated heterocycles. The molecule has 1 fully saturated rings. The van der Waals surface area contributed by atoms with E-state index in [1.54, 1.807) is 0 Å². The van der Waals surface area contributed by atoms with E-state index in [2.05, 4.69) is 0 Å². The molecule has 0 saturated carbocycles. The highest BCUT2D eigenvalue weighted by Crippen LogP contribution is 2.13. The summed E-state index contributed by atoms with van der Waals surface area (Å²) in [5.74, 6) is -0.603. The first-order valence-corrected chi connectivity index (χ1v) is 4.64. The van der Waals surface area contributed by atoms with Crippen molar-refractivity contribution in [2.24, 2.45) is 0 Å². The van der Waals surface area contributed by atoms with Gasteiger partial charge in [0.25, 0.3) is 0 Å². The lowest BCUT2D eigenvalue weighted by molar-refractivity contribution is -0.144. The molecule has 3 nitrogen and oxygen atoms in total. The van der Waals surface area contributed by atoms with Crippen LogP contribution in [0.1, 0.15) is 12.8 Å². The third kappa shape index (κ3) is 3.17. The summed E-state index contributed by atoms with van der Waals surface area (Å²) < 4.78 is 9.98. The van der Waals surface area contributed by atoms with Gasteiger partial charge in [-0.3, -0.25) is 0 Å². The Morgan fingerprint density at radius 3 is 2.92 bits per heavy atom. The maximum absolute atomic E-state index is 10.8. The van der Waals surface area contributed by atoms with Gasteiger partial charge in [0.2, 0.25) is 4.84 Å². The van der Waals surface area contributed by atoms with Gasteiger partial charge in [-0.15, -0.1) is 0 Å². The van der Waals surface area contributed by atoms with Crippen LogP contribution in [0.5, 0.6) is 0 Å². The SMILES string of the molecule is O=C(OCC1CCCO1)C(Cl)Cl. The summed E-state index contributed by atoms with van der Waals surface area (Å²) in [5, 5.41) is 0. The lowest BCUT2D eigenvalue weighted by atomic mass is 10.2. The van der Waals surface area contributed by atoms with Crippen LogP contribution < -0.4 is 0 Å². The quantitative estimate of drug-likeness (QED) is 0.526. The molecule has 0 aromatic rings. The number of rotatable bonds is 3. The van der Waals surface area contributed by atoms with E-state index in [4.69, 9.17) is 32.7 Å². The number of ether oxygens (including phenoxy) is 2. The summed E-state index contributed by atoms with van der Waals surface area (Å²) in [6.07, 6.45) is 1.98. The number of halogens is 2. The zero-order valence-electron chi connectivity index (χ0n) is 6.46. The molecule has 12 heavy (non-hydrogen) atoms. The maximum atomic E-state index is 10.8. The van der Waals surface area contributed by atoms with Crippen LogP contribution >= 0.6 is 23.2 Å². The van der Waals surface area contributed by atoms with E-state index in [1.165, 1.54) is 0 Å². The van der Waals surface area contributed by atoms with Gasteiger partial charge < -0.3 is 9.47 Å². The molecule has 1 unspecified atom stereocenters. The van der Waals surface area contributed by atoms with Crippen LogP contribution in [0.25, 0.3) is 0 Å². The van der Waals surface area contributed by atoms with Crippen LogP contribution in [0.4, 0.5) is 0 Å². The van der Waals surface area contributed by atoms with Crippen LogP contribution in [0.15, 0.2) is 0 Å². The van der Waals surface area contributed by atoms with Gasteiger partial charge in [-0.05, 0) is 12.8 Å². The van der Waals surface area contributed by atoms with Crippen LogP contribution in [0.3, 0.4) is 0 Å². The van der Waals surface area contributed by atoms with Crippen LogP contribution in [-0.2, 0) is 14.3 Å². The molecule has 0 bridgehead atoms. The first-order valence-electron chi connectivity index (χ1n) is 3.76. The molecule has 1 rings (SSSR count). The van der Waals surface area contributed by atoms with Crippen molar-refractivity contribution in [3.63, 3.8) is 0 Å². The second-order valence-corrected chi connectivity index (χ2v) is 3.66. The normalized spacial score (nSPS) is 23.1. The molecule has 0 aliphatic carbocycles. The van der Waals surface area contributed by atoms with E-state index in [0.717, 1.165) is 19.4 Å². The Kier molecular flexibility index (Phi) is 4.12.